The van der Waals surface area contributed by atoms with E-state index < -0.39 is 12.0 Å². The predicted molar refractivity (Wildman–Crippen MR) is 72.8 cm³/mol. The van der Waals surface area contributed by atoms with Crippen LogP contribution in [0.2, 0.25) is 5.02 Å². The van der Waals surface area contributed by atoms with Crippen molar-refractivity contribution >= 4 is 45.2 Å². The van der Waals surface area contributed by atoms with Crippen molar-refractivity contribution in [2.24, 2.45) is 0 Å². The molecule has 0 spiro atoms. The van der Waals surface area contributed by atoms with Crippen molar-refractivity contribution in [2.45, 2.75) is 6.92 Å². The summed E-state index contributed by atoms with van der Waals surface area (Å²) in [5, 5.41) is 5.49. The van der Waals surface area contributed by atoms with Gasteiger partial charge in [-0.05, 0) is 41.1 Å². The molecule has 0 aliphatic rings. The zero-order valence-electron chi connectivity index (χ0n) is 9.63. The molecule has 1 aromatic carbocycles. The minimum atomic E-state index is -0.489. The lowest BCUT2D eigenvalue weighted by atomic mass is 10.3. The molecule has 1 rings (SSSR count). The topological polar surface area (TPSA) is 67.4 Å². The molecule has 0 unspecified atom stereocenters. The maximum absolute atomic E-state index is 11.4. The molecule has 0 radical (unpaired) electrons. The Morgan fingerprint density at radius 3 is 2.78 bits per heavy atom. The first-order valence-electron chi connectivity index (χ1n) is 5.18. The number of hydrogen-bond acceptors (Lipinski definition) is 3. The van der Waals surface area contributed by atoms with E-state index in [1.807, 2.05) is 0 Å². The van der Waals surface area contributed by atoms with Gasteiger partial charge in [-0.1, -0.05) is 11.6 Å². The Hall–Kier alpha value is -1.27. The van der Waals surface area contributed by atoms with Crippen molar-refractivity contribution in [1.29, 1.82) is 0 Å². The maximum atomic E-state index is 11.4. The number of halogens is 2. The van der Waals surface area contributed by atoms with Crippen molar-refractivity contribution in [1.82, 2.24) is 5.32 Å². The van der Waals surface area contributed by atoms with Crippen LogP contribution >= 0.6 is 27.5 Å². The van der Waals surface area contributed by atoms with Gasteiger partial charge in [0, 0.05) is 10.2 Å². The molecule has 2 amide bonds. The van der Waals surface area contributed by atoms with Crippen LogP contribution in [-0.2, 0) is 9.53 Å². The van der Waals surface area contributed by atoms with Crippen LogP contribution in [-0.4, -0.2) is 25.2 Å². The Labute approximate surface area is 118 Å². The summed E-state index contributed by atoms with van der Waals surface area (Å²) in [5.74, 6) is -0.482. The van der Waals surface area contributed by atoms with Gasteiger partial charge in [-0.15, -0.1) is 0 Å². The van der Waals surface area contributed by atoms with E-state index in [9.17, 15) is 9.59 Å². The van der Waals surface area contributed by atoms with Crippen LogP contribution in [0.5, 0.6) is 0 Å². The van der Waals surface area contributed by atoms with Crippen molar-refractivity contribution in [2.75, 3.05) is 18.5 Å². The second-order valence-electron chi connectivity index (χ2n) is 3.24. The number of rotatable bonds is 4. The zero-order chi connectivity index (χ0) is 13.5. The van der Waals surface area contributed by atoms with Crippen LogP contribution in [0.3, 0.4) is 0 Å². The monoisotopic (exact) mass is 334 g/mol. The predicted octanol–water partition coefficient (Wildman–Crippen LogP) is 2.79. The van der Waals surface area contributed by atoms with E-state index in [1.54, 1.807) is 25.1 Å². The number of amides is 2. The number of ether oxygens (including phenoxy) is 1. The number of anilines is 1. The Morgan fingerprint density at radius 2 is 2.17 bits per heavy atom. The molecule has 0 bridgehead atoms. The minimum Gasteiger partial charge on any atom is -0.465 e. The third-order valence-corrected chi connectivity index (χ3v) is 3.09. The van der Waals surface area contributed by atoms with Crippen molar-refractivity contribution < 1.29 is 14.3 Å². The molecule has 0 aliphatic heterocycles. The van der Waals surface area contributed by atoms with Gasteiger partial charge in [0.25, 0.3) is 0 Å². The lowest BCUT2D eigenvalue weighted by Crippen LogP contribution is -2.34. The van der Waals surface area contributed by atoms with E-state index >= 15 is 0 Å². The fourth-order valence-corrected chi connectivity index (χ4v) is 1.61. The Kier molecular flexibility index (Phi) is 5.94. The molecule has 0 aliphatic carbocycles. The van der Waals surface area contributed by atoms with Crippen LogP contribution < -0.4 is 10.6 Å². The first-order chi connectivity index (χ1) is 8.52. The third-order valence-electron chi connectivity index (χ3n) is 1.88. The number of benzene rings is 1. The molecule has 0 fully saturated rings. The first kappa shape index (κ1) is 14.8. The summed E-state index contributed by atoms with van der Waals surface area (Å²) >= 11 is 9.06. The number of esters is 1. The van der Waals surface area contributed by atoms with Crippen molar-refractivity contribution in [3.63, 3.8) is 0 Å². The van der Waals surface area contributed by atoms with Gasteiger partial charge in [-0.3, -0.25) is 4.79 Å². The Morgan fingerprint density at radius 1 is 1.44 bits per heavy atom. The molecule has 5 nitrogen and oxygen atoms in total. The van der Waals surface area contributed by atoms with E-state index in [0.29, 0.717) is 15.2 Å². The van der Waals surface area contributed by atoms with E-state index in [0.717, 1.165) is 0 Å². The smallest absolute Gasteiger partial charge is 0.325 e. The van der Waals surface area contributed by atoms with Crippen molar-refractivity contribution in [3.05, 3.63) is 27.7 Å². The molecule has 0 saturated heterocycles. The van der Waals surface area contributed by atoms with Gasteiger partial charge in [0.2, 0.25) is 0 Å². The summed E-state index contributed by atoms with van der Waals surface area (Å²) in [4.78, 5) is 22.4. The van der Waals surface area contributed by atoms with Crippen LogP contribution in [0, 0.1) is 0 Å². The van der Waals surface area contributed by atoms with Gasteiger partial charge in [-0.25, -0.2) is 4.79 Å². The number of hydrogen-bond donors (Lipinski definition) is 2. The molecular formula is C11H12BrClN2O3. The van der Waals surface area contributed by atoms with E-state index in [4.69, 9.17) is 11.6 Å². The highest BCUT2D eigenvalue weighted by atomic mass is 79.9. The lowest BCUT2D eigenvalue weighted by molar-refractivity contribution is -0.141. The van der Waals surface area contributed by atoms with Gasteiger partial charge in [-0.2, -0.15) is 0 Å². The van der Waals surface area contributed by atoms with Crippen LogP contribution in [0.1, 0.15) is 6.92 Å². The fourth-order valence-electron chi connectivity index (χ4n) is 1.11. The number of urea groups is 1. The highest BCUT2D eigenvalue weighted by Gasteiger charge is 2.06. The first-order valence-corrected chi connectivity index (χ1v) is 6.35. The highest BCUT2D eigenvalue weighted by Crippen LogP contribution is 2.25. The quantitative estimate of drug-likeness (QED) is 0.831. The summed E-state index contributed by atoms with van der Waals surface area (Å²) in [6, 6.07) is 4.47. The SMILES string of the molecule is CCOC(=O)CNC(=O)Nc1ccc(Cl)c(Br)c1. The highest BCUT2D eigenvalue weighted by molar-refractivity contribution is 9.10. The number of carbonyl (C=O) groups is 2. The average molecular weight is 336 g/mol. The zero-order valence-corrected chi connectivity index (χ0v) is 12.0. The summed E-state index contributed by atoms with van der Waals surface area (Å²) in [6.07, 6.45) is 0. The number of nitrogens with one attached hydrogen (secondary N) is 2. The van der Waals surface area contributed by atoms with Crippen LogP contribution in [0.15, 0.2) is 22.7 Å². The standard InChI is InChI=1S/C11H12BrClN2O3/c1-2-18-10(16)6-14-11(17)15-7-3-4-9(13)8(12)5-7/h3-5H,2,6H2,1H3,(H2,14,15,17). The summed E-state index contributed by atoms with van der Waals surface area (Å²) < 4.78 is 5.34. The molecule has 18 heavy (non-hydrogen) atoms. The summed E-state index contributed by atoms with van der Waals surface area (Å²) in [7, 11) is 0. The molecule has 98 valence electrons. The lowest BCUT2D eigenvalue weighted by Gasteiger charge is -2.08. The minimum absolute atomic E-state index is 0.172. The van der Waals surface area contributed by atoms with E-state index in [1.165, 1.54) is 0 Å². The molecule has 2 N–H and O–H groups in total. The van der Waals surface area contributed by atoms with Crippen LogP contribution in [0.25, 0.3) is 0 Å². The molecule has 0 saturated carbocycles. The summed E-state index contributed by atoms with van der Waals surface area (Å²) in [5.41, 5.74) is 0.563. The van der Waals surface area contributed by atoms with Gasteiger partial charge >= 0.3 is 12.0 Å². The Bertz CT molecular complexity index is 454. The fraction of sp³-hybridized carbons (Fsp3) is 0.273. The molecule has 7 heteroatoms. The van der Waals surface area contributed by atoms with Crippen LogP contribution in [0.4, 0.5) is 10.5 Å². The third kappa shape index (κ3) is 4.93. The van der Waals surface area contributed by atoms with Gasteiger partial charge < -0.3 is 15.4 Å². The Balaban J connectivity index is 2.44. The largest absolute Gasteiger partial charge is 0.465 e. The van der Waals surface area contributed by atoms with E-state index in [-0.39, 0.29) is 13.2 Å². The second-order valence-corrected chi connectivity index (χ2v) is 4.50. The van der Waals surface area contributed by atoms with Crippen molar-refractivity contribution in [3.8, 4) is 0 Å². The number of carbonyl (C=O) groups excluding carboxylic acids is 2. The second kappa shape index (κ2) is 7.23. The van der Waals surface area contributed by atoms with Gasteiger partial charge in [0.1, 0.15) is 6.54 Å². The van der Waals surface area contributed by atoms with E-state index in [2.05, 4.69) is 31.3 Å². The normalized spacial score (nSPS) is 9.72. The average Bonchev–Trinajstić information content (AvgIpc) is 2.32. The molecule has 0 aromatic heterocycles. The maximum Gasteiger partial charge on any atom is 0.325 e. The molecular weight excluding hydrogens is 323 g/mol. The van der Waals surface area contributed by atoms with Gasteiger partial charge in [0.15, 0.2) is 0 Å². The van der Waals surface area contributed by atoms with Gasteiger partial charge in [0.05, 0.1) is 11.6 Å². The molecule has 0 heterocycles. The molecule has 0 atom stereocenters. The summed E-state index contributed by atoms with van der Waals surface area (Å²) in [6.45, 7) is 1.81. The molecule has 1 aromatic rings.